The number of ether oxygens (including phenoxy) is 1. The third kappa shape index (κ3) is 3.44. The SMILES string of the molecule is CCOc1ccc(NC(C)c2sc(C)nc2C)cn1. The normalized spacial score (nSPS) is 12.2. The lowest BCUT2D eigenvalue weighted by Gasteiger charge is -2.14. The van der Waals surface area contributed by atoms with Crippen LogP contribution in [0.5, 0.6) is 5.88 Å². The van der Waals surface area contributed by atoms with Crippen molar-refractivity contribution >= 4 is 17.0 Å². The van der Waals surface area contributed by atoms with Crippen LogP contribution < -0.4 is 10.1 Å². The first kappa shape index (κ1) is 13.8. The zero-order valence-corrected chi connectivity index (χ0v) is 12.5. The van der Waals surface area contributed by atoms with Crippen molar-refractivity contribution in [2.24, 2.45) is 0 Å². The summed E-state index contributed by atoms with van der Waals surface area (Å²) >= 11 is 1.73. The molecule has 2 aromatic heterocycles. The van der Waals surface area contributed by atoms with Gasteiger partial charge in [0.25, 0.3) is 0 Å². The number of rotatable bonds is 5. The van der Waals surface area contributed by atoms with E-state index in [0.717, 1.165) is 16.4 Å². The lowest BCUT2D eigenvalue weighted by Crippen LogP contribution is -2.06. The molecule has 1 N–H and O–H groups in total. The molecule has 2 heterocycles. The van der Waals surface area contributed by atoms with Crippen LogP contribution in [0.2, 0.25) is 0 Å². The smallest absolute Gasteiger partial charge is 0.213 e. The van der Waals surface area contributed by atoms with E-state index >= 15 is 0 Å². The second-order valence-electron chi connectivity index (χ2n) is 4.37. The van der Waals surface area contributed by atoms with Crippen molar-refractivity contribution < 1.29 is 4.74 Å². The van der Waals surface area contributed by atoms with Crippen molar-refractivity contribution in [2.75, 3.05) is 11.9 Å². The topological polar surface area (TPSA) is 47.0 Å². The molecule has 2 aromatic rings. The molecule has 4 nitrogen and oxygen atoms in total. The standard InChI is InChI=1S/C14H19N3OS/c1-5-18-13-7-6-12(8-15-13)17-10(3)14-9(2)16-11(4)19-14/h6-8,10,17H,5H2,1-4H3. The van der Waals surface area contributed by atoms with Crippen LogP contribution in [0, 0.1) is 13.8 Å². The number of hydrogen-bond acceptors (Lipinski definition) is 5. The van der Waals surface area contributed by atoms with Gasteiger partial charge in [-0.1, -0.05) is 0 Å². The summed E-state index contributed by atoms with van der Waals surface area (Å²) < 4.78 is 5.33. The van der Waals surface area contributed by atoms with Crippen molar-refractivity contribution in [3.63, 3.8) is 0 Å². The van der Waals surface area contributed by atoms with Crippen LogP contribution in [0.15, 0.2) is 18.3 Å². The average molecular weight is 277 g/mol. The maximum absolute atomic E-state index is 5.33. The zero-order chi connectivity index (χ0) is 13.8. The van der Waals surface area contributed by atoms with E-state index < -0.39 is 0 Å². The number of nitrogens with one attached hydrogen (secondary N) is 1. The van der Waals surface area contributed by atoms with E-state index in [1.54, 1.807) is 17.5 Å². The molecule has 0 aliphatic heterocycles. The number of hydrogen-bond donors (Lipinski definition) is 1. The first-order valence-corrected chi connectivity index (χ1v) is 7.21. The molecule has 0 aliphatic carbocycles. The van der Waals surface area contributed by atoms with Gasteiger partial charge in [-0.15, -0.1) is 11.3 Å². The molecule has 1 unspecified atom stereocenters. The molecular weight excluding hydrogens is 258 g/mol. The molecule has 5 heteroatoms. The Morgan fingerprint density at radius 3 is 2.68 bits per heavy atom. The maximum Gasteiger partial charge on any atom is 0.213 e. The van der Waals surface area contributed by atoms with Gasteiger partial charge in [-0.25, -0.2) is 9.97 Å². The molecule has 0 bridgehead atoms. The molecule has 0 aromatic carbocycles. The third-order valence-electron chi connectivity index (χ3n) is 2.74. The Morgan fingerprint density at radius 2 is 2.16 bits per heavy atom. The molecule has 102 valence electrons. The summed E-state index contributed by atoms with van der Waals surface area (Å²) in [4.78, 5) is 9.97. The predicted molar refractivity (Wildman–Crippen MR) is 79.0 cm³/mol. The molecule has 1 atom stereocenters. The van der Waals surface area contributed by atoms with Crippen LogP contribution in [-0.2, 0) is 0 Å². The van der Waals surface area contributed by atoms with Crippen molar-refractivity contribution in [2.45, 2.75) is 33.7 Å². The number of anilines is 1. The fourth-order valence-corrected chi connectivity index (χ4v) is 2.89. The second kappa shape index (κ2) is 6.02. The van der Waals surface area contributed by atoms with E-state index in [1.165, 1.54) is 4.88 Å². The first-order chi connectivity index (χ1) is 9.10. The fraction of sp³-hybridized carbons (Fsp3) is 0.429. The summed E-state index contributed by atoms with van der Waals surface area (Å²) in [6.07, 6.45) is 1.80. The van der Waals surface area contributed by atoms with Gasteiger partial charge in [0.05, 0.1) is 35.2 Å². The van der Waals surface area contributed by atoms with Gasteiger partial charge in [0.15, 0.2) is 0 Å². The van der Waals surface area contributed by atoms with Gasteiger partial charge in [0, 0.05) is 10.9 Å². The first-order valence-electron chi connectivity index (χ1n) is 6.39. The lowest BCUT2D eigenvalue weighted by molar-refractivity contribution is 0.327. The van der Waals surface area contributed by atoms with Crippen LogP contribution in [0.4, 0.5) is 5.69 Å². The Labute approximate surface area is 117 Å². The summed E-state index contributed by atoms with van der Waals surface area (Å²) in [5.74, 6) is 0.658. The quantitative estimate of drug-likeness (QED) is 0.904. The molecule has 2 rings (SSSR count). The van der Waals surface area contributed by atoms with E-state index in [1.807, 2.05) is 32.9 Å². The van der Waals surface area contributed by atoms with Crippen LogP contribution in [0.1, 0.15) is 35.5 Å². The molecule has 0 radical (unpaired) electrons. The summed E-state index contributed by atoms with van der Waals surface area (Å²) in [5, 5.41) is 4.54. The number of aryl methyl sites for hydroxylation is 2. The lowest BCUT2D eigenvalue weighted by atomic mass is 10.2. The monoisotopic (exact) mass is 277 g/mol. The molecule has 0 saturated carbocycles. The fourth-order valence-electron chi connectivity index (χ4n) is 1.96. The average Bonchev–Trinajstić information content (AvgIpc) is 2.71. The van der Waals surface area contributed by atoms with E-state index in [9.17, 15) is 0 Å². The van der Waals surface area contributed by atoms with Crippen LogP contribution >= 0.6 is 11.3 Å². The minimum Gasteiger partial charge on any atom is -0.478 e. The van der Waals surface area contributed by atoms with Crippen molar-refractivity contribution in [1.29, 1.82) is 0 Å². The van der Waals surface area contributed by atoms with Gasteiger partial charge in [-0.05, 0) is 33.8 Å². The molecule has 0 amide bonds. The Balaban J connectivity index is 2.06. The largest absolute Gasteiger partial charge is 0.478 e. The van der Waals surface area contributed by atoms with Crippen LogP contribution in [-0.4, -0.2) is 16.6 Å². The third-order valence-corrected chi connectivity index (χ3v) is 4.00. The summed E-state index contributed by atoms with van der Waals surface area (Å²) in [6.45, 7) is 8.80. The van der Waals surface area contributed by atoms with E-state index in [2.05, 4.69) is 22.2 Å². The summed E-state index contributed by atoms with van der Waals surface area (Å²) in [5.41, 5.74) is 2.09. The zero-order valence-electron chi connectivity index (χ0n) is 11.7. The number of nitrogens with zero attached hydrogens (tertiary/aromatic N) is 2. The summed E-state index contributed by atoms with van der Waals surface area (Å²) in [7, 11) is 0. The molecule has 19 heavy (non-hydrogen) atoms. The number of pyridine rings is 1. The van der Waals surface area contributed by atoms with Crippen molar-refractivity contribution in [3.05, 3.63) is 33.9 Å². The highest BCUT2D eigenvalue weighted by atomic mass is 32.1. The van der Waals surface area contributed by atoms with Gasteiger partial charge in [-0.3, -0.25) is 0 Å². The van der Waals surface area contributed by atoms with Gasteiger partial charge in [0.1, 0.15) is 0 Å². The predicted octanol–water partition coefficient (Wildman–Crippen LogP) is 3.73. The van der Waals surface area contributed by atoms with E-state index in [0.29, 0.717) is 12.5 Å². The van der Waals surface area contributed by atoms with Crippen LogP contribution in [0.25, 0.3) is 0 Å². The van der Waals surface area contributed by atoms with Gasteiger partial charge < -0.3 is 10.1 Å². The molecule has 0 fully saturated rings. The molecule has 0 saturated heterocycles. The van der Waals surface area contributed by atoms with Gasteiger partial charge >= 0.3 is 0 Å². The maximum atomic E-state index is 5.33. The van der Waals surface area contributed by atoms with E-state index in [4.69, 9.17) is 4.74 Å². The van der Waals surface area contributed by atoms with Gasteiger partial charge in [0.2, 0.25) is 5.88 Å². The number of aromatic nitrogens is 2. The molecule has 0 spiro atoms. The van der Waals surface area contributed by atoms with Crippen molar-refractivity contribution in [1.82, 2.24) is 9.97 Å². The van der Waals surface area contributed by atoms with Gasteiger partial charge in [-0.2, -0.15) is 0 Å². The minimum absolute atomic E-state index is 0.228. The second-order valence-corrected chi connectivity index (χ2v) is 5.60. The Bertz CT molecular complexity index is 536. The molecule has 0 aliphatic rings. The Kier molecular flexibility index (Phi) is 4.37. The molecular formula is C14H19N3OS. The highest BCUT2D eigenvalue weighted by Crippen LogP contribution is 2.27. The Hall–Kier alpha value is -1.62. The minimum atomic E-state index is 0.228. The summed E-state index contributed by atoms with van der Waals surface area (Å²) in [6, 6.07) is 4.09. The van der Waals surface area contributed by atoms with Crippen LogP contribution in [0.3, 0.4) is 0 Å². The highest BCUT2D eigenvalue weighted by Gasteiger charge is 2.12. The van der Waals surface area contributed by atoms with Crippen molar-refractivity contribution in [3.8, 4) is 5.88 Å². The van der Waals surface area contributed by atoms with E-state index in [-0.39, 0.29) is 6.04 Å². The highest BCUT2D eigenvalue weighted by molar-refractivity contribution is 7.11. The number of thiazole rings is 1. The Morgan fingerprint density at radius 1 is 1.37 bits per heavy atom.